The lowest BCUT2D eigenvalue weighted by Gasteiger charge is -2.13. The summed E-state index contributed by atoms with van der Waals surface area (Å²) in [5.41, 5.74) is 4.96. The van der Waals surface area contributed by atoms with Gasteiger partial charge < -0.3 is 14.5 Å². The molecule has 27 heavy (non-hydrogen) atoms. The average Bonchev–Trinajstić information content (AvgIpc) is 3.12. The van der Waals surface area contributed by atoms with Gasteiger partial charge in [-0.3, -0.25) is 9.89 Å². The third-order valence-corrected chi connectivity index (χ3v) is 5.22. The lowest BCUT2D eigenvalue weighted by Crippen LogP contribution is -2.25. The second-order valence-corrected chi connectivity index (χ2v) is 7.44. The second-order valence-electron chi connectivity index (χ2n) is 7.06. The van der Waals surface area contributed by atoms with E-state index in [-0.39, 0.29) is 5.91 Å². The lowest BCUT2D eigenvalue weighted by molar-refractivity contribution is 0.0949. The Labute approximate surface area is 164 Å². The average molecular weight is 384 g/mol. The van der Waals surface area contributed by atoms with E-state index in [9.17, 15) is 4.79 Å². The molecule has 3 aromatic rings. The zero-order valence-corrected chi connectivity index (χ0v) is 17.1. The van der Waals surface area contributed by atoms with Crippen LogP contribution in [0.3, 0.4) is 0 Å². The number of nitrogens with one attached hydrogen (secondary N) is 2. The minimum absolute atomic E-state index is 0.122. The molecule has 0 saturated carbocycles. The molecule has 0 fully saturated rings. The topological polar surface area (TPSA) is 67.6 Å². The van der Waals surface area contributed by atoms with Crippen molar-refractivity contribution in [1.29, 1.82) is 0 Å². The molecule has 6 nitrogen and oxygen atoms in total. The highest BCUT2D eigenvalue weighted by Gasteiger charge is 2.17. The number of H-pyrrole nitrogens is 1. The minimum atomic E-state index is -0.122. The zero-order valence-electron chi connectivity index (χ0n) is 16.3. The summed E-state index contributed by atoms with van der Waals surface area (Å²) in [6.45, 7) is 8.66. The zero-order chi connectivity index (χ0) is 19.7. The van der Waals surface area contributed by atoms with Gasteiger partial charge in [-0.25, -0.2) is 0 Å². The summed E-state index contributed by atoms with van der Waals surface area (Å²) in [4.78, 5) is 12.7. The predicted octanol–water partition coefficient (Wildman–Crippen LogP) is 3.94. The van der Waals surface area contributed by atoms with E-state index < -0.39 is 0 Å². The SMILES string of the molecule is Cc1cc(C(=O)NCc2n[nH]c(=S)n2C)c(C)n1-c1cccc(C(C)C)c1. The maximum atomic E-state index is 12.7. The number of aromatic nitrogens is 4. The molecule has 2 N–H and O–H groups in total. The number of amides is 1. The summed E-state index contributed by atoms with van der Waals surface area (Å²) in [5.74, 6) is 1.02. The molecule has 2 heterocycles. The van der Waals surface area contributed by atoms with Crippen LogP contribution in [0.2, 0.25) is 0 Å². The summed E-state index contributed by atoms with van der Waals surface area (Å²) < 4.78 is 4.40. The fraction of sp³-hybridized carbons (Fsp3) is 0.350. The molecule has 0 aliphatic heterocycles. The monoisotopic (exact) mass is 383 g/mol. The van der Waals surface area contributed by atoms with E-state index in [0.29, 0.717) is 28.6 Å². The van der Waals surface area contributed by atoms with Crippen LogP contribution in [0.1, 0.15) is 52.9 Å². The van der Waals surface area contributed by atoms with Gasteiger partial charge in [0.1, 0.15) is 0 Å². The Morgan fingerprint density at radius 3 is 2.67 bits per heavy atom. The van der Waals surface area contributed by atoms with Gasteiger partial charge >= 0.3 is 0 Å². The van der Waals surface area contributed by atoms with Gasteiger partial charge in [-0.15, -0.1) is 0 Å². The number of nitrogens with zero attached hydrogens (tertiary/aromatic N) is 3. The van der Waals surface area contributed by atoms with Crippen molar-refractivity contribution < 1.29 is 4.79 Å². The molecule has 0 aliphatic carbocycles. The van der Waals surface area contributed by atoms with Crippen molar-refractivity contribution in [3.05, 3.63) is 63.4 Å². The molecule has 3 rings (SSSR count). The first-order valence-corrected chi connectivity index (χ1v) is 9.38. The second kappa shape index (κ2) is 7.52. The number of benzene rings is 1. The number of hydrogen-bond donors (Lipinski definition) is 2. The van der Waals surface area contributed by atoms with E-state index >= 15 is 0 Å². The van der Waals surface area contributed by atoms with Gasteiger partial charge in [0.05, 0.1) is 12.1 Å². The van der Waals surface area contributed by atoms with E-state index in [1.165, 1.54) is 5.56 Å². The Morgan fingerprint density at radius 1 is 1.30 bits per heavy atom. The van der Waals surface area contributed by atoms with Crippen molar-refractivity contribution in [2.24, 2.45) is 7.05 Å². The first-order chi connectivity index (χ1) is 12.8. The van der Waals surface area contributed by atoms with Gasteiger partial charge in [-0.1, -0.05) is 26.0 Å². The van der Waals surface area contributed by atoms with Crippen molar-refractivity contribution >= 4 is 18.1 Å². The fourth-order valence-electron chi connectivity index (χ4n) is 3.21. The Balaban J connectivity index is 1.87. The highest BCUT2D eigenvalue weighted by atomic mass is 32.1. The predicted molar refractivity (Wildman–Crippen MR) is 109 cm³/mol. The van der Waals surface area contributed by atoms with Gasteiger partial charge in [0, 0.05) is 24.1 Å². The molecule has 142 valence electrons. The number of rotatable bonds is 5. The Bertz CT molecular complexity index is 1040. The molecule has 0 atom stereocenters. The summed E-state index contributed by atoms with van der Waals surface area (Å²) in [7, 11) is 1.82. The molecule has 2 aromatic heterocycles. The number of hydrogen-bond acceptors (Lipinski definition) is 3. The minimum Gasteiger partial charge on any atom is -0.345 e. The number of aryl methyl sites for hydroxylation is 1. The molecule has 1 aromatic carbocycles. The summed E-state index contributed by atoms with van der Waals surface area (Å²) in [5, 5.41) is 9.78. The van der Waals surface area contributed by atoms with Crippen molar-refractivity contribution in [3.63, 3.8) is 0 Å². The highest BCUT2D eigenvalue weighted by molar-refractivity contribution is 7.71. The summed E-state index contributed by atoms with van der Waals surface area (Å²) in [6, 6.07) is 10.4. The molecule has 0 bridgehead atoms. The van der Waals surface area contributed by atoms with Crippen LogP contribution < -0.4 is 5.32 Å². The van der Waals surface area contributed by atoms with Gasteiger partial charge in [0.25, 0.3) is 5.91 Å². The molecular formula is C20H25N5OS. The van der Waals surface area contributed by atoms with Gasteiger partial charge in [-0.2, -0.15) is 5.10 Å². The highest BCUT2D eigenvalue weighted by Crippen LogP contribution is 2.24. The first-order valence-electron chi connectivity index (χ1n) is 8.97. The Morgan fingerprint density at radius 2 is 2.04 bits per heavy atom. The van der Waals surface area contributed by atoms with Crippen LogP contribution in [0.15, 0.2) is 30.3 Å². The Kier molecular flexibility index (Phi) is 5.32. The molecule has 0 unspecified atom stereocenters. The van der Waals surface area contributed by atoms with Gasteiger partial charge in [-0.05, 0) is 55.7 Å². The molecule has 0 aliphatic rings. The Hall–Kier alpha value is -2.67. The fourth-order valence-corrected chi connectivity index (χ4v) is 3.36. The molecule has 1 amide bonds. The van der Waals surface area contributed by atoms with Crippen molar-refractivity contribution in [2.75, 3.05) is 0 Å². The number of carbonyl (C=O) groups is 1. The standard InChI is InChI=1S/C20H25N5OS/c1-12(2)15-7-6-8-16(10-15)25-13(3)9-17(14(25)4)19(26)21-11-18-22-23-20(27)24(18)5/h6-10,12H,11H2,1-5H3,(H,21,26)(H,23,27). The van der Waals surface area contributed by atoms with E-state index in [4.69, 9.17) is 12.2 Å². The summed E-state index contributed by atoms with van der Waals surface area (Å²) in [6.07, 6.45) is 0. The normalized spacial score (nSPS) is 11.2. The van der Waals surface area contributed by atoms with Crippen LogP contribution in [0.5, 0.6) is 0 Å². The maximum absolute atomic E-state index is 12.7. The van der Waals surface area contributed by atoms with Crippen LogP contribution in [-0.2, 0) is 13.6 Å². The third-order valence-electron chi connectivity index (χ3n) is 4.85. The van der Waals surface area contributed by atoms with Crippen LogP contribution >= 0.6 is 12.2 Å². The van der Waals surface area contributed by atoms with Gasteiger partial charge in [0.15, 0.2) is 10.6 Å². The van der Waals surface area contributed by atoms with Crippen LogP contribution in [0.4, 0.5) is 0 Å². The molecule has 0 radical (unpaired) electrons. The lowest BCUT2D eigenvalue weighted by atomic mass is 10.0. The first kappa shape index (κ1) is 19.1. The van der Waals surface area contributed by atoms with E-state index in [1.807, 2.05) is 27.0 Å². The quantitative estimate of drug-likeness (QED) is 0.656. The molecular weight excluding hydrogens is 358 g/mol. The van der Waals surface area contributed by atoms with Crippen LogP contribution in [0, 0.1) is 18.6 Å². The third kappa shape index (κ3) is 3.73. The smallest absolute Gasteiger partial charge is 0.253 e. The number of aromatic amines is 1. The number of carbonyl (C=O) groups excluding carboxylic acids is 1. The maximum Gasteiger partial charge on any atom is 0.253 e. The largest absolute Gasteiger partial charge is 0.345 e. The molecule has 0 saturated heterocycles. The molecule has 7 heteroatoms. The van der Waals surface area contributed by atoms with Gasteiger partial charge in [0.2, 0.25) is 0 Å². The summed E-state index contributed by atoms with van der Waals surface area (Å²) >= 11 is 5.10. The van der Waals surface area contributed by atoms with E-state index in [0.717, 1.165) is 17.1 Å². The van der Waals surface area contributed by atoms with E-state index in [1.54, 1.807) is 4.57 Å². The van der Waals surface area contributed by atoms with Crippen LogP contribution in [0.25, 0.3) is 5.69 Å². The van der Waals surface area contributed by atoms with Crippen molar-refractivity contribution in [1.82, 2.24) is 24.6 Å². The molecule has 0 spiro atoms. The van der Waals surface area contributed by atoms with Crippen LogP contribution in [-0.4, -0.2) is 25.2 Å². The van der Waals surface area contributed by atoms with E-state index in [2.05, 4.69) is 58.2 Å². The van der Waals surface area contributed by atoms with Crippen molar-refractivity contribution in [2.45, 2.75) is 40.2 Å². The van der Waals surface area contributed by atoms with Crippen molar-refractivity contribution in [3.8, 4) is 5.69 Å².